The summed E-state index contributed by atoms with van der Waals surface area (Å²) < 4.78 is 0. The molecule has 0 saturated carbocycles. The van der Waals surface area contributed by atoms with Crippen LogP contribution in [0.1, 0.15) is 38.3 Å². The molecular weight excluding hydrogens is 208 g/mol. The molecule has 2 heteroatoms. The number of nitrogens with zero attached hydrogens (tertiary/aromatic N) is 1. The first-order valence-corrected chi connectivity index (χ1v) is 6.68. The average molecular weight is 234 g/mol. The summed E-state index contributed by atoms with van der Waals surface area (Å²) in [6.45, 7) is 9.93. The van der Waals surface area contributed by atoms with E-state index >= 15 is 0 Å². The van der Waals surface area contributed by atoms with Crippen LogP contribution in [0.5, 0.6) is 0 Å². The van der Waals surface area contributed by atoms with Crippen LogP contribution < -0.4 is 5.32 Å². The van der Waals surface area contributed by atoms with Gasteiger partial charge < -0.3 is 5.32 Å². The summed E-state index contributed by atoms with van der Waals surface area (Å²) >= 11 is 0. The number of hydrogen-bond acceptors (Lipinski definition) is 2. The van der Waals surface area contributed by atoms with Crippen LogP contribution in [-0.2, 0) is 13.1 Å². The van der Waals surface area contributed by atoms with Gasteiger partial charge in [-0.05, 0) is 38.1 Å². The Morgan fingerprint density at radius 3 is 2.35 bits per heavy atom. The Bertz CT molecular complexity index is 322. The number of hydrogen-bond donors (Lipinski definition) is 1. The molecule has 0 amide bonds. The first-order valence-electron chi connectivity index (χ1n) is 6.68. The van der Waals surface area contributed by atoms with Gasteiger partial charge in [0.05, 0.1) is 0 Å². The highest BCUT2D eigenvalue weighted by Crippen LogP contribution is 2.14. The average Bonchev–Trinajstić information content (AvgIpc) is 2.37. The quantitative estimate of drug-likeness (QED) is 0.780. The molecule has 96 valence electrons. The molecule has 0 aromatic heterocycles. The Balaban J connectivity index is 2.78. The van der Waals surface area contributed by atoms with Crippen molar-refractivity contribution in [2.45, 2.75) is 46.3 Å². The molecule has 1 unspecified atom stereocenters. The molecule has 1 aromatic rings. The minimum Gasteiger partial charge on any atom is -0.316 e. The third kappa shape index (κ3) is 4.14. The second-order valence-corrected chi connectivity index (χ2v) is 4.62. The fourth-order valence-electron chi connectivity index (χ4n) is 2.13. The molecule has 0 radical (unpaired) electrons. The predicted octanol–water partition coefficient (Wildman–Crippen LogP) is 3.03. The predicted molar refractivity (Wildman–Crippen MR) is 75.0 cm³/mol. The lowest BCUT2D eigenvalue weighted by atomic mass is 10.1. The van der Waals surface area contributed by atoms with Gasteiger partial charge in [0.15, 0.2) is 0 Å². The summed E-state index contributed by atoms with van der Waals surface area (Å²) in [5, 5.41) is 3.24. The van der Waals surface area contributed by atoms with Gasteiger partial charge in [0.25, 0.3) is 0 Å². The lowest BCUT2D eigenvalue weighted by Gasteiger charge is -2.27. The Hall–Kier alpha value is -0.860. The van der Waals surface area contributed by atoms with E-state index in [9.17, 15) is 0 Å². The summed E-state index contributed by atoms with van der Waals surface area (Å²) in [6.07, 6.45) is 1.21. The van der Waals surface area contributed by atoms with Crippen molar-refractivity contribution in [2.75, 3.05) is 13.6 Å². The smallest absolute Gasteiger partial charge is 0.0239 e. The normalized spacial score (nSPS) is 13.0. The maximum absolute atomic E-state index is 3.24. The lowest BCUT2D eigenvalue weighted by Crippen LogP contribution is -2.32. The van der Waals surface area contributed by atoms with Crippen molar-refractivity contribution in [1.29, 1.82) is 0 Å². The van der Waals surface area contributed by atoms with Gasteiger partial charge in [-0.3, -0.25) is 4.90 Å². The minimum atomic E-state index is 0.655. The zero-order chi connectivity index (χ0) is 12.7. The zero-order valence-corrected chi connectivity index (χ0v) is 11.7. The topological polar surface area (TPSA) is 15.3 Å². The molecule has 1 rings (SSSR count). The van der Waals surface area contributed by atoms with Crippen LogP contribution in [0.4, 0.5) is 0 Å². The van der Waals surface area contributed by atoms with Crippen molar-refractivity contribution in [3.8, 4) is 0 Å². The Morgan fingerprint density at radius 1 is 1.18 bits per heavy atom. The van der Waals surface area contributed by atoms with Gasteiger partial charge in [0.1, 0.15) is 0 Å². The Kier molecular flexibility index (Phi) is 6.23. The van der Waals surface area contributed by atoms with Crippen LogP contribution in [0.15, 0.2) is 24.3 Å². The van der Waals surface area contributed by atoms with Gasteiger partial charge in [-0.2, -0.15) is 0 Å². The molecule has 0 aliphatic rings. The molecule has 0 spiro atoms. The van der Waals surface area contributed by atoms with E-state index in [1.807, 2.05) is 7.05 Å². The van der Waals surface area contributed by atoms with Crippen molar-refractivity contribution in [3.05, 3.63) is 35.4 Å². The summed E-state index contributed by atoms with van der Waals surface area (Å²) in [4.78, 5) is 2.54. The van der Waals surface area contributed by atoms with E-state index in [-0.39, 0.29) is 0 Å². The maximum Gasteiger partial charge on any atom is 0.0239 e. The van der Waals surface area contributed by atoms with Crippen LogP contribution in [0.3, 0.4) is 0 Å². The first-order chi connectivity index (χ1) is 8.22. The molecule has 0 fully saturated rings. The maximum atomic E-state index is 3.24. The van der Waals surface area contributed by atoms with Gasteiger partial charge in [-0.1, -0.05) is 38.1 Å². The standard InChI is InChI=1S/C15H26N2/c1-5-13(3)17(6-2)12-15-10-8-7-9-14(15)11-16-4/h7-10,13,16H,5-6,11-12H2,1-4H3. The molecular formula is C15H26N2. The van der Waals surface area contributed by atoms with E-state index in [4.69, 9.17) is 0 Å². The summed E-state index contributed by atoms with van der Waals surface area (Å²) in [6, 6.07) is 9.38. The molecule has 1 atom stereocenters. The highest BCUT2D eigenvalue weighted by Gasteiger charge is 2.12. The van der Waals surface area contributed by atoms with E-state index in [0.717, 1.165) is 19.6 Å². The largest absolute Gasteiger partial charge is 0.316 e. The van der Waals surface area contributed by atoms with Crippen LogP contribution in [0.2, 0.25) is 0 Å². The van der Waals surface area contributed by atoms with Crippen molar-refractivity contribution in [1.82, 2.24) is 10.2 Å². The van der Waals surface area contributed by atoms with Crippen LogP contribution in [0.25, 0.3) is 0 Å². The Labute approximate surface area is 106 Å². The summed E-state index contributed by atoms with van der Waals surface area (Å²) in [5.41, 5.74) is 2.86. The van der Waals surface area contributed by atoms with Gasteiger partial charge >= 0.3 is 0 Å². The second-order valence-electron chi connectivity index (χ2n) is 4.62. The molecule has 1 aromatic carbocycles. The monoisotopic (exact) mass is 234 g/mol. The highest BCUT2D eigenvalue weighted by molar-refractivity contribution is 5.27. The van der Waals surface area contributed by atoms with E-state index in [1.54, 1.807) is 0 Å². The van der Waals surface area contributed by atoms with E-state index in [1.165, 1.54) is 17.5 Å². The molecule has 17 heavy (non-hydrogen) atoms. The highest BCUT2D eigenvalue weighted by atomic mass is 15.1. The fraction of sp³-hybridized carbons (Fsp3) is 0.600. The van der Waals surface area contributed by atoms with Crippen molar-refractivity contribution in [2.24, 2.45) is 0 Å². The lowest BCUT2D eigenvalue weighted by molar-refractivity contribution is 0.205. The number of rotatable bonds is 7. The fourth-order valence-corrected chi connectivity index (χ4v) is 2.13. The van der Waals surface area contributed by atoms with E-state index in [2.05, 4.69) is 55.3 Å². The van der Waals surface area contributed by atoms with Crippen LogP contribution in [-0.4, -0.2) is 24.5 Å². The van der Waals surface area contributed by atoms with Gasteiger partial charge in [-0.15, -0.1) is 0 Å². The second kappa shape index (κ2) is 7.46. The molecule has 0 saturated heterocycles. The third-order valence-corrected chi connectivity index (χ3v) is 3.48. The van der Waals surface area contributed by atoms with Crippen molar-refractivity contribution in [3.63, 3.8) is 0 Å². The SMILES string of the molecule is CCC(C)N(CC)Cc1ccccc1CNC. The molecule has 0 aliphatic heterocycles. The number of benzene rings is 1. The Morgan fingerprint density at radius 2 is 1.82 bits per heavy atom. The van der Waals surface area contributed by atoms with Crippen molar-refractivity contribution >= 4 is 0 Å². The van der Waals surface area contributed by atoms with Gasteiger partial charge in [0, 0.05) is 19.1 Å². The first kappa shape index (κ1) is 14.2. The zero-order valence-electron chi connectivity index (χ0n) is 11.7. The van der Waals surface area contributed by atoms with Crippen molar-refractivity contribution < 1.29 is 0 Å². The van der Waals surface area contributed by atoms with Gasteiger partial charge in [0.2, 0.25) is 0 Å². The summed E-state index contributed by atoms with van der Waals surface area (Å²) in [7, 11) is 2.00. The van der Waals surface area contributed by atoms with E-state index in [0.29, 0.717) is 6.04 Å². The van der Waals surface area contributed by atoms with Gasteiger partial charge in [-0.25, -0.2) is 0 Å². The summed E-state index contributed by atoms with van der Waals surface area (Å²) in [5.74, 6) is 0. The third-order valence-electron chi connectivity index (χ3n) is 3.48. The molecule has 2 nitrogen and oxygen atoms in total. The van der Waals surface area contributed by atoms with Crippen LogP contribution in [0, 0.1) is 0 Å². The van der Waals surface area contributed by atoms with E-state index < -0.39 is 0 Å². The minimum absolute atomic E-state index is 0.655. The molecule has 1 N–H and O–H groups in total. The number of nitrogens with one attached hydrogen (secondary N) is 1. The molecule has 0 heterocycles. The molecule has 0 aliphatic carbocycles. The van der Waals surface area contributed by atoms with Crippen LogP contribution >= 0.6 is 0 Å². The molecule has 0 bridgehead atoms.